The van der Waals surface area contributed by atoms with Crippen LogP contribution in [0.1, 0.15) is 12.7 Å². The Balaban J connectivity index is 2.51. The van der Waals surface area contributed by atoms with Crippen LogP contribution in [0.4, 0.5) is 5.82 Å². The van der Waals surface area contributed by atoms with Gasteiger partial charge in [-0.15, -0.1) is 0 Å². The van der Waals surface area contributed by atoms with E-state index >= 15 is 0 Å². The number of nitrogens with two attached hydrogens (primary N) is 1. The molecule has 2 aromatic heterocycles. The molecule has 2 rings (SSSR count). The highest BCUT2D eigenvalue weighted by molar-refractivity contribution is 7.98. The van der Waals surface area contributed by atoms with E-state index in [1.165, 1.54) is 11.8 Å². The average molecular weight is 250 g/mol. The minimum absolute atomic E-state index is 0.593. The minimum atomic E-state index is 0.593. The second-order valence-corrected chi connectivity index (χ2v) is 4.08. The summed E-state index contributed by atoms with van der Waals surface area (Å²) in [6, 6.07) is 1.79. The van der Waals surface area contributed by atoms with Crippen LogP contribution in [0.5, 0.6) is 0 Å². The van der Waals surface area contributed by atoms with Crippen molar-refractivity contribution in [2.75, 3.05) is 11.7 Å². The van der Waals surface area contributed by atoms with Gasteiger partial charge in [0.1, 0.15) is 17.5 Å². The Kier molecular flexibility index (Phi) is 3.60. The quantitative estimate of drug-likeness (QED) is 0.367. The number of hydrogen-bond acceptors (Lipinski definition) is 6. The van der Waals surface area contributed by atoms with Crippen LogP contribution in [0.2, 0.25) is 0 Å². The van der Waals surface area contributed by atoms with Gasteiger partial charge in [-0.1, -0.05) is 18.7 Å². The zero-order chi connectivity index (χ0) is 12.3. The number of hydrazine groups is 1. The van der Waals surface area contributed by atoms with Crippen molar-refractivity contribution in [2.24, 2.45) is 5.84 Å². The Bertz CT molecular complexity index is 487. The molecule has 0 atom stereocenters. The highest BCUT2D eigenvalue weighted by Gasteiger charge is 2.08. The number of nitrogens with zero attached hydrogens (tertiary/aromatic N) is 4. The van der Waals surface area contributed by atoms with Gasteiger partial charge in [-0.05, 0) is 6.26 Å². The van der Waals surface area contributed by atoms with E-state index in [1.54, 1.807) is 12.3 Å². The molecule has 3 N–H and O–H groups in total. The summed E-state index contributed by atoms with van der Waals surface area (Å²) >= 11 is 1.47. The lowest BCUT2D eigenvalue weighted by Gasteiger charge is -2.08. The molecule has 0 fully saturated rings. The summed E-state index contributed by atoms with van der Waals surface area (Å²) in [6.45, 7) is 2.05. The summed E-state index contributed by atoms with van der Waals surface area (Å²) in [4.78, 5) is 12.9. The predicted molar refractivity (Wildman–Crippen MR) is 68.1 cm³/mol. The predicted octanol–water partition coefficient (Wildman–Crippen LogP) is 1.23. The van der Waals surface area contributed by atoms with Gasteiger partial charge in [0, 0.05) is 24.9 Å². The molecule has 0 radical (unpaired) electrons. The third kappa shape index (κ3) is 2.40. The smallest absolute Gasteiger partial charge is 0.191 e. The molecule has 2 aromatic rings. The van der Waals surface area contributed by atoms with Crippen LogP contribution in [0, 0.1) is 0 Å². The maximum absolute atomic E-state index is 5.39. The largest absolute Gasteiger partial charge is 0.308 e. The maximum Gasteiger partial charge on any atom is 0.191 e. The molecular weight excluding hydrogens is 236 g/mol. The highest BCUT2D eigenvalue weighted by Crippen LogP contribution is 2.17. The lowest BCUT2D eigenvalue weighted by Crippen LogP contribution is -2.11. The van der Waals surface area contributed by atoms with Crippen LogP contribution in [0.3, 0.4) is 0 Å². The Hall–Kier alpha value is -1.60. The van der Waals surface area contributed by atoms with Crippen molar-refractivity contribution in [3.63, 3.8) is 0 Å². The van der Waals surface area contributed by atoms with Gasteiger partial charge in [0.2, 0.25) is 0 Å². The van der Waals surface area contributed by atoms with Crippen molar-refractivity contribution in [3.05, 3.63) is 24.3 Å². The van der Waals surface area contributed by atoms with Gasteiger partial charge >= 0.3 is 0 Å². The van der Waals surface area contributed by atoms with Crippen LogP contribution in [0.15, 0.2) is 23.6 Å². The number of nitrogen functional groups attached to an aromatic ring is 1. The van der Waals surface area contributed by atoms with Crippen LogP contribution < -0.4 is 11.3 Å². The summed E-state index contributed by atoms with van der Waals surface area (Å²) in [5, 5.41) is 0.672. The van der Waals surface area contributed by atoms with Crippen LogP contribution in [0.25, 0.3) is 5.82 Å². The first-order valence-corrected chi connectivity index (χ1v) is 6.43. The lowest BCUT2D eigenvalue weighted by molar-refractivity contribution is 0.832. The molecule has 0 aliphatic rings. The van der Waals surface area contributed by atoms with Gasteiger partial charge in [0.05, 0.1) is 0 Å². The molecule has 0 aromatic carbocycles. The van der Waals surface area contributed by atoms with Gasteiger partial charge in [0.15, 0.2) is 5.16 Å². The maximum atomic E-state index is 5.39. The van der Waals surface area contributed by atoms with Gasteiger partial charge in [-0.3, -0.25) is 4.57 Å². The molecule has 6 nitrogen and oxygen atoms in total. The van der Waals surface area contributed by atoms with E-state index in [2.05, 4.69) is 27.3 Å². The molecule has 7 heteroatoms. The van der Waals surface area contributed by atoms with Crippen molar-refractivity contribution in [2.45, 2.75) is 18.5 Å². The molecule has 2 heterocycles. The van der Waals surface area contributed by atoms with E-state index in [-0.39, 0.29) is 0 Å². The fraction of sp³-hybridized carbons (Fsp3) is 0.300. The molecule has 0 unspecified atom stereocenters. The molecule has 0 amide bonds. The van der Waals surface area contributed by atoms with Crippen LogP contribution >= 0.6 is 11.8 Å². The average Bonchev–Trinajstić information content (AvgIpc) is 2.86. The third-order valence-electron chi connectivity index (χ3n) is 2.30. The first kappa shape index (κ1) is 11.9. The van der Waals surface area contributed by atoms with E-state index in [4.69, 9.17) is 5.84 Å². The number of anilines is 1. The van der Waals surface area contributed by atoms with Gasteiger partial charge in [0.25, 0.3) is 0 Å². The second-order valence-electron chi connectivity index (χ2n) is 3.31. The molecule has 0 aliphatic carbocycles. The molecule has 0 saturated heterocycles. The number of nitrogens with one attached hydrogen (secondary N) is 1. The first-order chi connectivity index (χ1) is 8.28. The molecule has 90 valence electrons. The third-order valence-corrected chi connectivity index (χ3v) is 2.85. The SMILES string of the molecule is CCc1nccn1-c1cc(NN)nc(SC)n1. The van der Waals surface area contributed by atoms with E-state index in [0.29, 0.717) is 11.0 Å². The molecule has 0 aliphatic heterocycles. The summed E-state index contributed by atoms with van der Waals surface area (Å²) in [6.07, 6.45) is 6.41. The summed E-state index contributed by atoms with van der Waals surface area (Å²) in [7, 11) is 0. The number of aryl methyl sites for hydroxylation is 1. The van der Waals surface area contributed by atoms with Crippen molar-refractivity contribution < 1.29 is 0 Å². The Labute approximate surface area is 104 Å². The fourth-order valence-electron chi connectivity index (χ4n) is 1.51. The normalized spacial score (nSPS) is 10.5. The minimum Gasteiger partial charge on any atom is -0.308 e. The molecule has 0 spiro atoms. The van der Waals surface area contributed by atoms with E-state index in [0.717, 1.165) is 18.1 Å². The van der Waals surface area contributed by atoms with E-state index in [1.807, 2.05) is 17.0 Å². The number of aromatic nitrogens is 4. The van der Waals surface area contributed by atoms with Gasteiger partial charge in [-0.2, -0.15) is 0 Å². The monoisotopic (exact) mass is 250 g/mol. The lowest BCUT2D eigenvalue weighted by atomic mass is 10.4. The summed E-state index contributed by atoms with van der Waals surface area (Å²) in [5.74, 6) is 7.71. The fourth-order valence-corrected chi connectivity index (χ4v) is 1.88. The van der Waals surface area contributed by atoms with Crippen molar-refractivity contribution in [1.82, 2.24) is 19.5 Å². The van der Waals surface area contributed by atoms with E-state index < -0.39 is 0 Å². The molecule has 0 bridgehead atoms. The summed E-state index contributed by atoms with van der Waals surface area (Å²) < 4.78 is 1.93. The van der Waals surface area contributed by atoms with Gasteiger partial charge < -0.3 is 5.43 Å². The number of thioether (sulfide) groups is 1. The zero-order valence-electron chi connectivity index (χ0n) is 9.71. The first-order valence-electron chi connectivity index (χ1n) is 5.20. The second kappa shape index (κ2) is 5.15. The Morgan fingerprint density at radius 1 is 1.47 bits per heavy atom. The zero-order valence-corrected chi connectivity index (χ0v) is 10.5. The number of hydrogen-bond donors (Lipinski definition) is 2. The van der Waals surface area contributed by atoms with Crippen molar-refractivity contribution >= 4 is 17.6 Å². The molecule has 17 heavy (non-hydrogen) atoms. The van der Waals surface area contributed by atoms with Crippen LogP contribution in [-0.4, -0.2) is 25.8 Å². The summed E-state index contributed by atoms with van der Waals surface area (Å²) in [5.41, 5.74) is 2.54. The number of rotatable bonds is 4. The van der Waals surface area contributed by atoms with E-state index in [9.17, 15) is 0 Å². The Morgan fingerprint density at radius 3 is 2.94 bits per heavy atom. The standard InChI is InChI=1S/C10H14N6S/c1-3-8-12-4-5-16(8)9-6-7(15-11)13-10(14-9)17-2/h4-6H,3,11H2,1-2H3,(H,13,14,15). The van der Waals surface area contributed by atoms with Crippen LogP contribution in [-0.2, 0) is 6.42 Å². The Morgan fingerprint density at radius 2 is 2.29 bits per heavy atom. The highest BCUT2D eigenvalue weighted by atomic mass is 32.2. The van der Waals surface area contributed by atoms with Crippen molar-refractivity contribution in [3.8, 4) is 5.82 Å². The van der Waals surface area contributed by atoms with Crippen molar-refractivity contribution in [1.29, 1.82) is 0 Å². The molecule has 0 saturated carbocycles. The number of imidazole rings is 1. The van der Waals surface area contributed by atoms with Gasteiger partial charge in [-0.25, -0.2) is 20.8 Å². The topological polar surface area (TPSA) is 81.7 Å². The molecular formula is C10H14N6S.